The highest BCUT2D eigenvalue weighted by atomic mass is 35.5. The number of halogens is 1. The minimum atomic E-state index is -0.394. The molecule has 2 nitrogen and oxygen atoms in total. The van der Waals surface area contributed by atoms with Crippen LogP contribution in [-0.2, 0) is 0 Å². The Morgan fingerprint density at radius 3 is 2.74 bits per heavy atom. The lowest BCUT2D eigenvalue weighted by molar-refractivity contribution is 0.128. The third-order valence-electron chi connectivity index (χ3n) is 3.96. The molecule has 1 aliphatic heterocycles. The number of aliphatic hydroxyl groups is 1. The molecular weight excluding hydrogens is 278 g/mol. The molecule has 1 aromatic carbocycles. The molecule has 0 bridgehead atoms. The molecule has 0 spiro atoms. The first kappa shape index (κ1) is 15.2. The lowest BCUT2D eigenvalue weighted by Gasteiger charge is -2.37. The molecule has 1 aromatic rings. The molecule has 3 atom stereocenters. The molecule has 0 amide bonds. The summed E-state index contributed by atoms with van der Waals surface area (Å²) in [6.07, 6.45) is 0.387. The van der Waals surface area contributed by atoms with E-state index in [4.69, 9.17) is 11.6 Å². The second-order valence-electron chi connectivity index (χ2n) is 5.21. The fraction of sp³-hybridized carbons (Fsp3) is 0.600. The van der Waals surface area contributed by atoms with Crippen LogP contribution in [0.5, 0.6) is 0 Å². The number of hydrogen-bond acceptors (Lipinski definition) is 3. The van der Waals surface area contributed by atoms with Gasteiger partial charge in [-0.1, -0.05) is 30.7 Å². The molecule has 0 aromatic heterocycles. The molecule has 19 heavy (non-hydrogen) atoms. The van der Waals surface area contributed by atoms with Crippen LogP contribution in [0.25, 0.3) is 0 Å². The van der Waals surface area contributed by atoms with Crippen molar-refractivity contribution in [1.82, 2.24) is 4.90 Å². The van der Waals surface area contributed by atoms with E-state index in [1.54, 1.807) is 0 Å². The standard InChI is InChI=1S/C15H22ClNOS/c1-11-12(2)19-10-9-17(11)8-7-15(18)13-3-5-14(16)6-4-13/h3-6,11-12,15,18H,7-10H2,1-2H3. The van der Waals surface area contributed by atoms with Gasteiger partial charge in [0.2, 0.25) is 0 Å². The first-order valence-electron chi connectivity index (χ1n) is 6.87. The van der Waals surface area contributed by atoms with Crippen molar-refractivity contribution in [3.8, 4) is 0 Å². The van der Waals surface area contributed by atoms with Gasteiger partial charge in [-0.15, -0.1) is 0 Å². The van der Waals surface area contributed by atoms with Gasteiger partial charge in [-0.2, -0.15) is 11.8 Å². The van der Waals surface area contributed by atoms with Crippen LogP contribution in [-0.4, -0.2) is 40.1 Å². The Kier molecular flexibility index (Phi) is 5.58. The third kappa shape index (κ3) is 4.12. The quantitative estimate of drug-likeness (QED) is 0.919. The average Bonchev–Trinajstić information content (AvgIpc) is 2.41. The zero-order valence-electron chi connectivity index (χ0n) is 11.6. The Morgan fingerprint density at radius 2 is 2.05 bits per heavy atom. The summed E-state index contributed by atoms with van der Waals surface area (Å²) in [6.45, 7) is 6.65. The van der Waals surface area contributed by atoms with Crippen LogP contribution >= 0.6 is 23.4 Å². The number of thioether (sulfide) groups is 1. The van der Waals surface area contributed by atoms with Crippen molar-refractivity contribution in [2.24, 2.45) is 0 Å². The van der Waals surface area contributed by atoms with Crippen LogP contribution in [0.4, 0.5) is 0 Å². The first-order valence-corrected chi connectivity index (χ1v) is 8.30. The highest BCUT2D eigenvalue weighted by Crippen LogP contribution is 2.26. The van der Waals surface area contributed by atoms with E-state index < -0.39 is 6.10 Å². The molecule has 1 saturated heterocycles. The fourth-order valence-corrected chi connectivity index (χ4v) is 3.74. The molecule has 106 valence electrons. The summed E-state index contributed by atoms with van der Waals surface area (Å²) in [4.78, 5) is 2.49. The molecule has 1 fully saturated rings. The Hall–Kier alpha value is -0.220. The van der Waals surface area contributed by atoms with E-state index in [0.29, 0.717) is 16.3 Å². The zero-order chi connectivity index (χ0) is 13.8. The van der Waals surface area contributed by atoms with E-state index >= 15 is 0 Å². The molecule has 0 saturated carbocycles. The Morgan fingerprint density at radius 1 is 1.37 bits per heavy atom. The van der Waals surface area contributed by atoms with E-state index in [1.807, 2.05) is 36.0 Å². The van der Waals surface area contributed by atoms with Crippen LogP contribution in [0.15, 0.2) is 24.3 Å². The number of nitrogens with zero attached hydrogens (tertiary/aromatic N) is 1. The van der Waals surface area contributed by atoms with Crippen LogP contribution in [0.1, 0.15) is 31.9 Å². The van der Waals surface area contributed by atoms with Crippen LogP contribution < -0.4 is 0 Å². The summed E-state index contributed by atoms with van der Waals surface area (Å²) < 4.78 is 0. The number of benzene rings is 1. The summed E-state index contributed by atoms with van der Waals surface area (Å²) >= 11 is 7.90. The van der Waals surface area contributed by atoms with E-state index in [1.165, 1.54) is 5.75 Å². The number of rotatable bonds is 4. The van der Waals surface area contributed by atoms with Crippen molar-refractivity contribution >= 4 is 23.4 Å². The third-order valence-corrected chi connectivity index (χ3v) is 5.55. The van der Waals surface area contributed by atoms with Crippen LogP contribution in [0.2, 0.25) is 5.02 Å². The van der Waals surface area contributed by atoms with E-state index in [-0.39, 0.29) is 0 Å². The lowest BCUT2D eigenvalue weighted by Crippen LogP contribution is -2.45. The maximum Gasteiger partial charge on any atom is 0.0802 e. The van der Waals surface area contributed by atoms with Crippen molar-refractivity contribution in [3.63, 3.8) is 0 Å². The Balaban J connectivity index is 1.86. The fourth-order valence-electron chi connectivity index (χ4n) is 2.45. The minimum Gasteiger partial charge on any atom is -0.388 e. The second kappa shape index (κ2) is 6.98. The van der Waals surface area contributed by atoms with E-state index in [0.717, 1.165) is 25.1 Å². The highest BCUT2D eigenvalue weighted by Gasteiger charge is 2.25. The van der Waals surface area contributed by atoms with Crippen molar-refractivity contribution in [2.75, 3.05) is 18.8 Å². The average molecular weight is 300 g/mol. The molecule has 1 heterocycles. The first-order chi connectivity index (χ1) is 9.08. The predicted octanol–water partition coefficient (Wildman–Crippen LogP) is 3.59. The van der Waals surface area contributed by atoms with Crippen LogP contribution in [0.3, 0.4) is 0 Å². The van der Waals surface area contributed by atoms with Gasteiger partial charge in [0.1, 0.15) is 0 Å². The molecule has 0 radical (unpaired) electrons. The van der Waals surface area contributed by atoms with Gasteiger partial charge in [-0.05, 0) is 31.0 Å². The van der Waals surface area contributed by atoms with Gasteiger partial charge >= 0.3 is 0 Å². The molecule has 4 heteroatoms. The summed E-state index contributed by atoms with van der Waals surface area (Å²) in [7, 11) is 0. The molecule has 1 N–H and O–H groups in total. The smallest absolute Gasteiger partial charge is 0.0802 e. The van der Waals surface area contributed by atoms with Gasteiger partial charge in [0.15, 0.2) is 0 Å². The molecule has 0 aliphatic carbocycles. The molecular formula is C15H22ClNOS. The largest absolute Gasteiger partial charge is 0.388 e. The summed E-state index contributed by atoms with van der Waals surface area (Å²) in [5, 5.41) is 11.6. The normalized spacial score (nSPS) is 26.3. The van der Waals surface area contributed by atoms with Crippen LogP contribution in [0, 0.1) is 0 Å². The lowest BCUT2D eigenvalue weighted by atomic mass is 10.1. The van der Waals surface area contributed by atoms with Crippen molar-refractivity contribution in [2.45, 2.75) is 37.7 Å². The zero-order valence-corrected chi connectivity index (χ0v) is 13.1. The molecule has 1 aliphatic rings. The van der Waals surface area contributed by atoms with Gasteiger partial charge in [0.25, 0.3) is 0 Å². The second-order valence-corrected chi connectivity index (χ2v) is 7.13. The van der Waals surface area contributed by atoms with Gasteiger partial charge in [-0.3, -0.25) is 4.90 Å². The van der Waals surface area contributed by atoms with Crippen molar-refractivity contribution in [1.29, 1.82) is 0 Å². The van der Waals surface area contributed by atoms with Gasteiger partial charge in [0, 0.05) is 35.2 Å². The summed E-state index contributed by atoms with van der Waals surface area (Å²) in [5.41, 5.74) is 0.955. The van der Waals surface area contributed by atoms with E-state index in [2.05, 4.69) is 18.7 Å². The van der Waals surface area contributed by atoms with Gasteiger partial charge in [0.05, 0.1) is 6.10 Å². The van der Waals surface area contributed by atoms with E-state index in [9.17, 15) is 5.11 Å². The maximum absolute atomic E-state index is 10.2. The molecule has 2 rings (SSSR count). The molecule has 3 unspecified atom stereocenters. The monoisotopic (exact) mass is 299 g/mol. The maximum atomic E-state index is 10.2. The van der Waals surface area contributed by atoms with Gasteiger partial charge in [-0.25, -0.2) is 0 Å². The van der Waals surface area contributed by atoms with Crippen molar-refractivity contribution in [3.05, 3.63) is 34.9 Å². The summed E-state index contributed by atoms with van der Waals surface area (Å²) in [6, 6.07) is 8.08. The Labute approximate surface area is 125 Å². The SMILES string of the molecule is CC1SCCN(CCC(O)c2ccc(Cl)cc2)C1C. The van der Waals surface area contributed by atoms with Gasteiger partial charge < -0.3 is 5.11 Å². The minimum absolute atomic E-state index is 0.394. The Bertz CT molecular complexity index is 398. The predicted molar refractivity (Wildman–Crippen MR) is 84.0 cm³/mol. The highest BCUT2D eigenvalue weighted by molar-refractivity contribution is 8.00. The summed E-state index contributed by atoms with van der Waals surface area (Å²) in [5.74, 6) is 1.20. The topological polar surface area (TPSA) is 23.5 Å². The van der Waals surface area contributed by atoms with Crippen molar-refractivity contribution < 1.29 is 5.11 Å². The number of hydrogen-bond donors (Lipinski definition) is 1. The number of aliphatic hydroxyl groups excluding tert-OH is 1.